The number of likely N-dealkylation sites (tertiary alicyclic amines) is 1. The van der Waals surface area contributed by atoms with Crippen LogP contribution in [-0.2, 0) is 21.5 Å². The molecular weight excluding hydrogens is 470 g/mol. The van der Waals surface area contributed by atoms with E-state index >= 15 is 0 Å². The Kier molecular flexibility index (Phi) is 5.43. The minimum absolute atomic E-state index is 0.151. The fraction of sp³-hybridized carbons (Fsp3) is 0.360. The number of fused-ring (bicyclic) bond motifs is 2. The summed E-state index contributed by atoms with van der Waals surface area (Å²) >= 11 is 3.35. The number of ether oxygens (including phenoxy) is 2. The predicted octanol–water partition coefficient (Wildman–Crippen LogP) is 4.47. The quantitative estimate of drug-likeness (QED) is 0.488. The highest BCUT2D eigenvalue weighted by Gasteiger charge is 2.51. The number of rotatable bonds is 5. The number of hydrogen-bond acceptors (Lipinski definition) is 5. The molecule has 5 rings (SSSR count). The minimum Gasteiger partial charge on any atom is -0.462 e. The Morgan fingerprint density at radius 3 is 3.00 bits per heavy atom. The number of likely N-dealkylation sites (N-methyl/N-ethyl adjacent to an activating group) is 1. The van der Waals surface area contributed by atoms with E-state index in [9.17, 15) is 4.79 Å². The van der Waals surface area contributed by atoms with E-state index in [2.05, 4.69) is 68.4 Å². The van der Waals surface area contributed by atoms with Crippen LogP contribution in [-0.4, -0.2) is 53.8 Å². The van der Waals surface area contributed by atoms with Gasteiger partial charge in [0.2, 0.25) is 0 Å². The number of hydrogen-bond donors (Lipinski definition) is 0. The Morgan fingerprint density at radius 2 is 2.25 bits per heavy atom. The van der Waals surface area contributed by atoms with Crippen molar-refractivity contribution in [2.24, 2.45) is 5.92 Å². The molecule has 7 heteroatoms. The molecule has 3 heterocycles. The van der Waals surface area contributed by atoms with Crippen LogP contribution in [0.25, 0.3) is 17.1 Å². The average molecular weight is 496 g/mol. The Balaban J connectivity index is 1.45. The topological polar surface area (TPSA) is 56.6 Å². The second-order valence-electron chi connectivity index (χ2n) is 8.76. The van der Waals surface area contributed by atoms with Gasteiger partial charge in [-0.05, 0) is 59.1 Å². The maximum atomic E-state index is 12.6. The lowest BCUT2D eigenvalue weighted by Crippen LogP contribution is -2.59. The molecule has 1 aliphatic heterocycles. The molecule has 0 unspecified atom stereocenters. The van der Waals surface area contributed by atoms with E-state index in [1.54, 1.807) is 19.4 Å². The molecule has 3 atom stereocenters. The summed E-state index contributed by atoms with van der Waals surface area (Å²) in [7, 11) is 3.94. The van der Waals surface area contributed by atoms with Crippen molar-refractivity contribution < 1.29 is 14.3 Å². The molecule has 1 aromatic carbocycles. The second-order valence-corrected chi connectivity index (χ2v) is 9.67. The number of benzene rings is 1. The molecule has 0 saturated carbocycles. The summed E-state index contributed by atoms with van der Waals surface area (Å²) in [4.78, 5) is 19.0. The van der Waals surface area contributed by atoms with Crippen LogP contribution in [0.3, 0.4) is 0 Å². The highest BCUT2D eigenvalue weighted by atomic mass is 79.9. The number of nitrogens with zero attached hydrogens (tertiary/aromatic N) is 3. The van der Waals surface area contributed by atoms with Crippen molar-refractivity contribution >= 4 is 39.0 Å². The zero-order valence-corrected chi connectivity index (χ0v) is 19.8. The van der Waals surface area contributed by atoms with Gasteiger partial charge in [0, 0.05) is 60.3 Å². The maximum Gasteiger partial charge on any atom is 0.339 e. The number of pyridine rings is 1. The van der Waals surface area contributed by atoms with E-state index in [0.29, 0.717) is 12.2 Å². The molecule has 0 radical (unpaired) electrons. The molecule has 0 N–H and O–H groups in total. The lowest BCUT2D eigenvalue weighted by Gasteiger charge is -2.53. The standard InChI is InChI=1S/C25H26BrN3O3/c1-4-29-14-18-9-22-25(31-3,20-6-5-7-21(29)23(18)20)10-16(13-28(22)2)15-32-24(30)17-8-19(26)12-27-11-17/h4-8,11-12,14,16,22H,1,9-10,13,15H2,2-3H3/t16-,22-,25+/m1/s1. The van der Waals surface area contributed by atoms with Crippen LogP contribution in [0, 0.1) is 5.92 Å². The first-order chi connectivity index (χ1) is 15.5. The summed E-state index contributed by atoms with van der Waals surface area (Å²) in [5.41, 5.74) is 3.68. The second kappa shape index (κ2) is 8.14. The number of carbonyl (C=O) groups excluding carboxylic acids is 1. The summed E-state index contributed by atoms with van der Waals surface area (Å²) in [6.07, 6.45) is 8.92. The zero-order chi connectivity index (χ0) is 22.5. The van der Waals surface area contributed by atoms with Crippen molar-refractivity contribution in [3.8, 4) is 0 Å². The van der Waals surface area contributed by atoms with Crippen LogP contribution in [0.15, 0.2) is 53.9 Å². The first-order valence-electron chi connectivity index (χ1n) is 10.8. The third-order valence-electron chi connectivity index (χ3n) is 6.97. The van der Waals surface area contributed by atoms with Gasteiger partial charge in [-0.2, -0.15) is 0 Å². The fourth-order valence-electron chi connectivity index (χ4n) is 5.63. The van der Waals surface area contributed by atoms with Gasteiger partial charge in [-0.3, -0.25) is 9.88 Å². The van der Waals surface area contributed by atoms with Crippen molar-refractivity contribution in [3.63, 3.8) is 0 Å². The van der Waals surface area contributed by atoms with Gasteiger partial charge in [-0.25, -0.2) is 4.79 Å². The Bertz CT molecular complexity index is 1210. The maximum absolute atomic E-state index is 12.6. The van der Waals surface area contributed by atoms with Crippen molar-refractivity contribution in [1.82, 2.24) is 14.5 Å². The van der Waals surface area contributed by atoms with Gasteiger partial charge in [-0.1, -0.05) is 18.7 Å². The monoisotopic (exact) mass is 495 g/mol. The highest BCUT2D eigenvalue weighted by Crippen LogP contribution is 2.49. The van der Waals surface area contributed by atoms with Gasteiger partial charge in [0.1, 0.15) is 5.60 Å². The SMILES string of the molecule is C=Cn1cc2c3c(cccc31)[C@@]1(OC)C[C@@H](COC(=O)c3cncc(Br)c3)CN(C)[C@@H]1C2. The van der Waals surface area contributed by atoms with Gasteiger partial charge in [0.25, 0.3) is 0 Å². The summed E-state index contributed by atoms with van der Waals surface area (Å²) in [6.45, 7) is 5.15. The van der Waals surface area contributed by atoms with Gasteiger partial charge in [0.05, 0.1) is 17.7 Å². The van der Waals surface area contributed by atoms with Crippen LogP contribution in [0.4, 0.5) is 0 Å². The molecule has 1 aliphatic carbocycles. The van der Waals surface area contributed by atoms with E-state index in [-0.39, 0.29) is 17.9 Å². The molecule has 0 spiro atoms. The molecule has 0 bridgehead atoms. The largest absolute Gasteiger partial charge is 0.462 e. The Morgan fingerprint density at radius 1 is 1.41 bits per heavy atom. The van der Waals surface area contributed by atoms with E-state index in [1.165, 1.54) is 22.7 Å². The van der Waals surface area contributed by atoms with Gasteiger partial charge < -0.3 is 14.0 Å². The van der Waals surface area contributed by atoms with Crippen LogP contribution < -0.4 is 0 Å². The Hall–Kier alpha value is -2.48. The summed E-state index contributed by atoms with van der Waals surface area (Å²) in [5, 5.41) is 1.26. The summed E-state index contributed by atoms with van der Waals surface area (Å²) < 4.78 is 14.9. The highest BCUT2D eigenvalue weighted by molar-refractivity contribution is 9.10. The van der Waals surface area contributed by atoms with E-state index in [4.69, 9.17) is 9.47 Å². The van der Waals surface area contributed by atoms with Crippen LogP contribution in [0.2, 0.25) is 0 Å². The number of methoxy groups -OCH3 is 1. The smallest absolute Gasteiger partial charge is 0.339 e. The van der Waals surface area contributed by atoms with Crippen molar-refractivity contribution in [3.05, 3.63) is 70.6 Å². The molecule has 2 aromatic heterocycles. The Labute approximate surface area is 196 Å². The van der Waals surface area contributed by atoms with Crippen LogP contribution >= 0.6 is 15.9 Å². The van der Waals surface area contributed by atoms with Gasteiger partial charge in [-0.15, -0.1) is 0 Å². The molecule has 166 valence electrons. The number of esters is 1. The molecule has 6 nitrogen and oxygen atoms in total. The van der Waals surface area contributed by atoms with Gasteiger partial charge in [0.15, 0.2) is 0 Å². The van der Waals surface area contributed by atoms with E-state index < -0.39 is 5.60 Å². The third-order valence-corrected chi connectivity index (χ3v) is 7.40. The lowest BCUT2D eigenvalue weighted by atomic mass is 9.69. The fourth-order valence-corrected chi connectivity index (χ4v) is 6.00. The third kappa shape index (κ3) is 3.31. The first-order valence-corrected chi connectivity index (χ1v) is 11.5. The molecule has 3 aromatic rings. The van der Waals surface area contributed by atoms with Crippen molar-refractivity contribution in [1.29, 1.82) is 0 Å². The predicted molar refractivity (Wildman–Crippen MR) is 127 cm³/mol. The number of carbonyl (C=O) groups is 1. The minimum atomic E-state index is -0.457. The normalized spacial score (nSPS) is 24.8. The molecule has 2 aliphatic rings. The average Bonchev–Trinajstić information content (AvgIpc) is 3.17. The molecule has 1 fully saturated rings. The summed E-state index contributed by atoms with van der Waals surface area (Å²) in [5.74, 6) is -0.204. The van der Waals surface area contributed by atoms with Gasteiger partial charge >= 0.3 is 5.97 Å². The number of piperidine rings is 1. The van der Waals surface area contributed by atoms with Crippen molar-refractivity contribution in [2.75, 3.05) is 27.3 Å². The first kappa shape index (κ1) is 21.4. The molecule has 1 saturated heterocycles. The van der Waals surface area contributed by atoms with Crippen LogP contribution in [0.1, 0.15) is 27.9 Å². The summed E-state index contributed by atoms with van der Waals surface area (Å²) in [6, 6.07) is 8.35. The molecule has 0 amide bonds. The van der Waals surface area contributed by atoms with Crippen molar-refractivity contribution in [2.45, 2.75) is 24.5 Å². The number of halogens is 1. The zero-order valence-electron chi connectivity index (χ0n) is 18.3. The number of aromatic nitrogens is 2. The van der Waals surface area contributed by atoms with Crippen LogP contribution in [0.5, 0.6) is 0 Å². The molecular formula is C25H26BrN3O3. The van der Waals surface area contributed by atoms with E-state index in [0.717, 1.165) is 29.4 Å². The van der Waals surface area contributed by atoms with E-state index in [1.807, 2.05) is 6.20 Å². The lowest BCUT2D eigenvalue weighted by molar-refractivity contribution is -0.131. The molecule has 32 heavy (non-hydrogen) atoms.